The van der Waals surface area contributed by atoms with Crippen LogP contribution in [-0.4, -0.2) is 15.0 Å². The molecule has 0 unspecified atom stereocenters. The largest absolute Gasteiger partial charge is 0.459 e. The quantitative estimate of drug-likeness (QED) is 0.438. The van der Waals surface area contributed by atoms with Crippen molar-refractivity contribution in [1.82, 2.24) is 15.2 Å². The predicted molar refractivity (Wildman–Crippen MR) is 122 cm³/mol. The van der Waals surface area contributed by atoms with Gasteiger partial charge in [0.2, 0.25) is 0 Å². The van der Waals surface area contributed by atoms with E-state index in [9.17, 15) is 0 Å². The first-order valence-corrected chi connectivity index (χ1v) is 10.4. The van der Waals surface area contributed by atoms with Crippen LogP contribution < -0.4 is 5.32 Å². The molecular formula is C25H21N3OS. The number of hydrogen-bond acceptors (Lipinski definition) is 3. The maximum absolute atomic E-state index is 6.35. The predicted octanol–water partition coefficient (Wildman–Crippen LogP) is 5.51. The first-order valence-electron chi connectivity index (χ1n) is 9.97. The Labute approximate surface area is 181 Å². The van der Waals surface area contributed by atoms with E-state index in [1.807, 2.05) is 66.9 Å². The molecule has 0 spiro atoms. The molecule has 1 N–H and O–H groups in total. The molecule has 2 aromatic carbocycles. The third-order valence-corrected chi connectivity index (χ3v) is 5.72. The molecule has 0 saturated carbocycles. The number of hydrogen-bond donors (Lipinski definition) is 1. The van der Waals surface area contributed by atoms with Gasteiger partial charge in [0.1, 0.15) is 17.6 Å². The lowest BCUT2D eigenvalue weighted by atomic mass is 10.0. The number of nitrogens with zero attached hydrogens (tertiary/aromatic N) is 2. The molecule has 4 nitrogen and oxygen atoms in total. The number of nitrogens with one attached hydrogen (secondary N) is 1. The van der Waals surface area contributed by atoms with Gasteiger partial charge in [0.05, 0.1) is 11.7 Å². The van der Waals surface area contributed by atoms with E-state index in [1.165, 1.54) is 5.56 Å². The van der Waals surface area contributed by atoms with Crippen LogP contribution in [0, 0.1) is 0 Å². The summed E-state index contributed by atoms with van der Waals surface area (Å²) in [7, 11) is 0. The number of pyridine rings is 1. The molecule has 2 atom stereocenters. The molecule has 0 aliphatic carbocycles. The van der Waals surface area contributed by atoms with E-state index < -0.39 is 0 Å². The summed E-state index contributed by atoms with van der Waals surface area (Å²) in [5, 5.41) is 4.18. The van der Waals surface area contributed by atoms with Gasteiger partial charge in [0.15, 0.2) is 5.11 Å². The van der Waals surface area contributed by atoms with Crippen molar-refractivity contribution in [3.8, 4) is 11.3 Å². The molecule has 5 heteroatoms. The standard InChI is InChI=1S/C25H21N3OS/c30-25-27-23(20-13-7-8-16-26-20)24(28(25)17-18-9-3-1-4-10-18)22-15-14-21(29-22)19-11-5-2-6-12-19/h1-16,23-24H,17H2,(H,27,30)/t23-,24+/m1/s1. The summed E-state index contributed by atoms with van der Waals surface area (Å²) in [4.78, 5) is 6.78. The summed E-state index contributed by atoms with van der Waals surface area (Å²) in [6.07, 6.45) is 1.81. The molecule has 1 aliphatic rings. The Balaban J connectivity index is 1.54. The first-order chi connectivity index (χ1) is 14.8. The molecule has 4 aromatic rings. The molecule has 0 amide bonds. The number of aromatic nitrogens is 1. The second-order valence-corrected chi connectivity index (χ2v) is 7.69. The van der Waals surface area contributed by atoms with Crippen molar-refractivity contribution in [3.63, 3.8) is 0 Å². The molecule has 148 valence electrons. The normalized spacial score (nSPS) is 18.4. The van der Waals surface area contributed by atoms with Crippen LogP contribution >= 0.6 is 12.2 Å². The van der Waals surface area contributed by atoms with Crippen molar-refractivity contribution >= 4 is 17.3 Å². The Morgan fingerprint density at radius 3 is 2.33 bits per heavy atom. The van der Waals surface area contributed by atoms with Crippen molar-refractivity contribution in [1.29, 1.82) is 0 Å². The Bertz CT molecular complexity index is 1130. The third-order valence-electron chi connectivity index (χ3n) is 5.37. The van der Waals surface area contributed by atoms with Crippen LogP contribution in [0.1, 0.15) is 29.1 Å². The maximum atomic E-state index is 6.35. The van der Waals surface area contributed by atoms with E-state index in [0.717, 1.165) is 22.8 Å². The summed E-state index contributed by atoms with van der Waals surface area (Å²) in [6.45, 7) is 0.696. The van der Waals surface area contributed by atoms with E-state index in [0.29, 0.717) is 11.7 Å². The zero-order chi connectivity index (χ0) is 20.3. The molecule has 0 bridgehead atoms. The Morgan fingerprint density at radius 2 is 1.60 bits per heavy atom. The van der Waals surface area contributed by atoms with Gasteiger partial charge in [0.25, 0.3) is 0 Å². The van der Waals surface area contributed by atoms with Gasteiger partial charge in [0, 0.05) is 18.3 Å². The maximum Gasteiger partial charge on any atom is 0.170 e. The lowest BCUT2D eigenvalue weighted by molar-refractivity contribution is 0.269. The van der Waals surface area contributed by atoms with Gasteiger partial charge >= 0.3 is 0 Å². The smallest absolute Gasteiger partial charge is 0.170 e. The second kappa shape index (κ2) is 8.13. The van der Waals surface area contributed by atoms with Crippen molar-refractivity contribution in [2.45, 2.75) is 18.6 Å². The summed E-state index contributed by atoms with van der Waals surface area (Å²) in [5.74, 6) is 1.72. The van der Waals surface area contributed by atoms with Crippen LogP contribution in [0.25, 0.3) is 11.3 Å². The van der Waals surface area contributed by atoms with Gasteiger partial charge in [-0.05, 0) is 42.0 Å². The third kappa shape index (κ3) is 3.60. The van der Waals surface area contributed by atoms with Crippen LogP contribution in [0.5, 0.6) is 0 Å². The molecule has 5 rings (SSSR count). The van der Waals surface area contributed by atoms with E-state index in [4.69, 9.17) is 16.6 Å². The highest BCUT2D eigenvalue weighted by atomic mass is 32.1. The average Bonchev–Trinajstić information content (AvgIpc) is 3.41. The summed E-state index contributed by atoms with van der Waals surface area (Å²) >= 11 is 5.74. The minimum Gasteiger partial charge on any atom is -0.459 e. The summed E-state index contributed by atoms with van der Waals surface area (Å²) in [5.41, 5.74) is 3.20. The molecule has 2 aromatic heterocycles. The fraction of sp³-hybridized carbons (Fsp3) is 0.120. The van der Waals surface area contributed by atoms with Gasteiger partial charge in [-0.2, -0.15) is 0 Å². The molecule has 1 fully saturated rings. The SMILES string of the molecule is S=C1N[C@H](c2ccccn2)[C@H](c2ccc(-c3ccccc3)o2)N1Cc1ccccc1. The molecular weight excluding hydrogens is 390 g/mol. The number of thiocarbonyl (C=S) groups is 1. The molecule has 1 aliphatic heterocycles. The van der Waals surface area contributed by atoms with Crippen molar-refractivity contribution in [3.05, 3.63) is 114 Å². The van der Waals surface area contributed by atoms with E-state index in [1.54, 1.807) is 0 Å². The van der Waals surface area contributed by atoms with Gasteiger partial charge in [-0.15, -0.1) is 0 Å². The van der Waals surface area contributed by atoms with Crippen molar-refractivity contribution < 1.29 is 4.42 Å². The molecule has 1 saturated heterocycles. The first kappa shape index (κ1) is 18.6. The fourth-order valence-corrected chi connectivity index (χ4v) is 4.24. The summed E-state index contributed by atoms with van der Waals surface area (Å²) < 4.78 is 6.35. The van der Waals surface area contributed by atoms with Crippen molar-refractivity contribution in [2.24, 2.45) is 0 Å². The van der Waals surface area contributed by atoms with E-state index in [2.05, 4.69) is 45.5 Å². The zero-order valence-electron chi connectivity index (χ0n) is 16.3. The lowest BCUT2D eigenvalue weighted by Crippen LogP contribution is -2.29. The Hall–Kier alpha value is -3.44. The zero-order valence-corrected chi connectivity index (χ0v) is 17.1. The van der Waals surface area contributed by atoms with Crippen LogP contribution in [0.4, 0.5) is 0 Å². The highest BCUT2D eigenvalue weighted by Crippen LogP contribution is 2.41. The topological polar surface area (TPSA) is 41.3 Å². The van der Waals surface area contributed by atoms with Crippen LogP contribution in [0.15, 0.2) is 102 Å². The minimum absolute atomic E-state index is 0.0859. The average molecular weight is 412 g/mol. The fourth-order valence-electron chi connectivity index (χ4n) is 3.93. The lowest BCUT2D eigenvalue weighted by Gasteiger charge is -2.26. The number of benzene rings is 2. The van der Waals surface area contributed by atoms with Crippen LogP contribution in [0.2, 0.25) is 0 Å². The highest BCUT2D eigenvalue weighted by Gasteiger charge is 2.41. The Morgan fingerprint density at radius 1 is 0.867 bits per heavy atom. The van der Waals surface area contributed by atoms with Crippen molar-refractivity contribution in [2.75, 3.05) is 0 Å². The number of rotatable bonds is 5. The van der Waals surface area contributed by atoms with Gasteiger partial charge in [-0.25, -0.2) is 0 Å². The molecule has 0 radical (unpaired) electrons. The van der Waals surface area contributed by atoms with Crippen LogP contribution in [0.3, 0.4) is 0 Å². The van der Waals surface area contributed by atoms with E-state index >= 15 is 0 Å². The van der Waals surface area contributed by atoms with Crippen LogP contribution in [-0.2, 0) is 6.54 Å². The monoisotopic (exact) mass is 411 g/mol. The molecule has 3 heterocycles. The van der Waals surface area contributed by atoms with E-state index in [-0.39, 0.29) is 12.1 Å². The Kier molecular flexibility index (Phi) is 5.03. The van der Waals surface area contributed by atoms with Gasteiger partial charge in [-0.3, -0.25) is 4.98 Å². The van der Waals surface area contributed by atoms with Gasteiger partial charge < -0.3 is 14.6 Å². The van der Waals surface area contributed by atoms with Gasteiger partial charge in [-0.1, -0.05) is 66.7 Å². The molecule has 30 heavy (non-hydrogen) atoms. The second-order valence-electron chi connectivity index (χ2n) is 7.31. The minimum atomic E-state index is -0.0925. The number of furan rings is 1. The highest BCUT2D eigenvalue weighted by molar-refractivity contribution is 7.80. The summed E-state index contributed by atoms with van der Waals surface area (Å²) in [6, 6.07) is 30.4.